The number of alkyl halides is 1. The lowest BCUT2D eigenvalue weighted by molar-refractivity contribution is 0.283. The van der Waals surface area contributed by atoms with Crippen LogP contribution in [0.25, 0.3) is 0 Å². The highest BCUT2D eigenvalue weighted by atomic mass is 35.5. The van der Waals surface area contributed by atoms with Crippen molar-refractivity contribution >= 4 is 11.6 Å². The molecule has 0 unspecified atom stereocenters. The fraction of sp³-hybridized carbons (Fsp3) is 1.00. The van der Waals surface area contributed by atoms with Crippen LogP contribution in [0.5, 0.6) is 0 Å². The summed E-state index contributed by atoms with van der Waals surface area (Å²) in [7, 11) is 0. The van der Waals surface area contributed by atoms with E-state index < -0.39 is 0 Å². The van der Waals surface area contributed by atoms with E-state index in [9.17, 15) is 0 Å². The van der Waals surface area contributed by atoms with Crippen molar-refractivity contribution in [3.63, 3.8) is 0 Å². The van der Waals surface area contributed by atoms with E-state index in [2.05, 4.69) is 13.8 Å². The van der Waals surface area contributed by atoms with Crippen LogP contribution in [-0.2, 0) is 0 Å². The quantitative estimate of drug-likeness (QED) is 0.478. The normalized spacial score (nSPS) is 9.43. The summed E-state index contributed by atoms with van der Waals surface area (Å²) in [5, 5.41) is 8.29. The minimum atomic E-state index is 0.361. The molecule has 0 aromatic carbocycles. The summed E-state index contributed by atoms with van der Waals surface area (Å²) in [6, 6.07) is 0. The van der Waals surface area contributed by atoms with Gasteiger partial charge in [0.2, 0.25) is 0 Å². The first-order valence-electron chi connectivity index (χ1n) is 6.00. The average Bonchev–Trinajstić information content (AvgIpc) is 2.21. The fourth-order valence-corrected chi connectivity index (χ4v) is 1.25. The van der Waals surface area contributed by atoms with Crippen LogP contribution in [0.15, 0.2) is 0 Å². The summed E-state index contributed by atoms with van der Waals surface area (Å²) in [4.78, 5) is 0. The second-order valence-corrected chi connectivity index (χ2v) is 3.91. The topological polar surface area (TPSA) is 20.2 Å². The maximum Gasteiger partial charge on any atom is 0.0431 e. The standard InChI is InChI=1S/C6H13Cl.C6H14O/c2*1-2-3-4-5-6-7/h2-6H2,1H3;7H,2-6H2,1H3. The van der Waals surface area contributed by atoms with Crippen molar-refractivity contribution in [2.24, 2.45) is 0 Å². The minimum Gasteiger partial charge on any atom is -0.396 e. The van der Waals surface area contributed by atoms with Gasteiger partial charge in [0.05, 0.1) is 0 Å². The first-order valence-corrected chi connectivity index (χ1v) is 6.53. The van der Waals surface area contributed by atoms with E-state index in [1.54, 1.807) is 0 Å². The molecule has 1 N–H and O–H groups in total. The van der Waals surface area contributed by atoms with E-state index in [1.165, 1.54) is 44.9 Å². The molecule has 14 heavy (non-hydrogen) atoms. The lowest BCUT2D eigenvalue weighted by Gasteiger charge is -1.90. The molecule has 0 aromatic heterocycles. The number of rotatable bonds is 8. The van der Waals surface area contributed by atoms with Gasteiger partial charge >= 0.3 is 0 Å². The molecule has 0 rings (SSSR count). The summed E-state index contributed by atoms with van der Waals surface area (Å²) in [5.74, 6) is 0.833. The van der Waals surface area contributed by atoms with Gasteiger partial charge in [0.15, 0.2) is 0 Å². The Balaban J connectivity index is 0. The van der Waals surface area contributed by atoms with Crippen LogP contribution >= 0.6 is 11.6 Å². The third-order valence-corrected chi connectivity index (χ3v) is 2.27. The van der Waals surface area contributed by atoms with Crippen molar-refractivity contribution in [2.45, 2.75) is 65.2 Å². The molecule has 88 valence electrons. The SMILES string of the molecule is CCCCCCCl.CCCCCCO. The average molecular weight is 223 g/mol. The van der Waals surface area contributed by atoms with E-state index in [1.807, 2.05) is 0 Å². The molecule has 0 amide bonds. The van der Waals surface area contributed by atoms with Gasteiger partial charge in [-0.15, -0.1) is 11.6 Å². The number of unbranched alkanes of at least 4 members (excludes halogenated alkanes) is 6. The Kier molecular flexibility index (Phi) is 22.5. The Hall–Kier alpha value is 0.250. The summed E-state index contributed by atoms with van der Waals surface area (Å²) < 4.78 is 0. The summed E-state index contributed by atoms with van der Waals surface area (Å²) in [5.41, 5.74) is 0. The Labute approximate surface area is 94.9 Å². The van der Waals surface area contributed by atoms with Crippen molar-refractivity contribution in [3.05, 3.63) is 0 Å². The van der Waals surface area contributed by atoms with Gasteiger partial charge in [-0.1, -0.05) is 52.4 Å². The third-order valence-electron chi connectivity index (χ3n) is 2.00. The van der Waals surface area contributed by atoms with Gasteiger partial charge in [-0.25, -0.2) is 0 Å². The molecule has 0 aromatic rings. The van der Waals surface area contributed by atoms with E-state index in [0.29, 0.717) is 6.61 Å². The van der Waals surface area contributed by atoms with E-state index >= 15 is 0 Å². The molecule has 0 aliphatic heterocycles. The number of hydrogen-bond donors (Lipinski definition) is 1. The predicted octanol–water partition coefficient (Wildman–Crippen LogP) is 4.36. The number of hydrogen-bond acceptors (Lipinski definition) is 1. The molecule has 0 aliphatic rings. The van der Waals surface area contributed by atoms with Crippen molar-refractivity contribution in [1.29, 1.82) is 0 Å². The Bertz CT molecular complexity index is 58.7. The molecule has 0 spiro atoms. The molecule has 0 atom stereocenters. The van der Waals surface area contributed by atoms with Crippen LogP contribution in [0.1, 0.15) is 65.2 Å². The number of aliphatic hydroxyl groups excluding tert-OH is 1. The molecule has 2 heteroatoms. The van der Waals surface area contributed by atoms with Crippen LogP contribution in [0, 0.1) is 0 Å². The molecule has 0 saturated heterocycles. The number of halogens is 1. The Morgan fingerprint density at radius 3 is 1.64 bits per heavy atom. The van der Waals surface area contributed by atoms with Gasteiger partial charge in [0, 0.05) is 12.5 Å². The van der Waals surface area contributed by atoms with Crippen LogP contribution < -0.4 is 0 Å². The highest BCUT2D eigenvalue weighted by Gasteiger charge is 1.81. The molecule has 0 saturated carbocycles. The zero-order chi connectivity index (χ0) is 11.1. The molecule has 0 bridgehead atoms. The van der Waals surface area contributed by atoms with Crippen molar-refractivity contribution in [2.75, 3.05) is 12.5 Å². The highest BCUT2D eigenvalue weighted by Crippen LogP contribution is 1.98. The molecular formula is C12H27ClO. The molecule has 0 fully saturated rings. The molecule has 1 nitrogen and oxygen atoms in total. The molecule has 0 radical (unpaired) electrons. The minimum absolute atomic E-state index is 0.361. The molecule has 0 aliphatic carbocycles. The lowest BCUT2D eigenvalue weighted by atomic mass is 10.2. The van der Waals surface area contributed by atoms with E-state index in [0.717, 1.165) is 12.3 Å². The van der Waals surface area contributed by atoms with Crippen LogP contribution in [-0.4, -0.2) is 17.6 Å². The summed E-state index contributed by atoms with van der Waals surface area (Å²) in [6.45, 7) is 4.73. The molecule has 0 heterocycles. The van der Waals surface area contributed by atoms with Gasteiger partial charge in [-0.2, -0.15) is 0 Å². The van der Waals surface area contributed by atoms with Gasteiger partial charge in [0.1, 0.15) is 0 Å². The van der Waals surface area contributed by atoms with Gasteiger partial charge in [-0.3, -0.25) is 0 Å². The van der Waals surface area contributed by atoms with E-state index in [-0.39, 0.29) is 0 Å². The summed E-state index contributed by atoms with van der Waals surface area (Å²) >= 11 is 5.44. The van der Waals surface area contributed by atoms with Gasteiger partial charge in [-0.05, 0) is 12.8 Å². The highest BCUT2D eigenvalue weighted by molar-refractivity contribution is 6.17. The van der Waals surface area contributed by atoms with Crippen LogP contribution in [0.2, 0.25) is 0 Å². The van der Waals surface area contributed by atoms with Crippen LogP contribution in [0.4, 0.5) is 0 Å². The second-order valence-electron chi connectivity index (χ2n) is 3.53. The maximum atomic E-state index is 8.29. The van der Waals surface area contributed by atoms with E-state index in [4.69, 9.17) is 16.7 Å². The predicted molar refractivity (Wildman–Crippen MR) is 66.1 cm³/mol. The zero-order valence-electron chi connectivity index (χ0n) is 9.90. The molecular weight excluding hydrogens is 196 g/mol. The van der Waals surface area contributed by atoms with Gasteiger partial charge in [0.25, 0.3) is 0 Å². The van der Waals surface area contributed by atoms with Crippen molar-refractivity contribution in [1.82, 2.24) is 0 Å². The lowest BCUT2D eigenvalue weighted by Crippen LogP contribution is -1.80. The van der Waals surface area contributed by atoms with Crippen LogP contribution in [0.3, 0.4) is 0 Å². The monoisotopic (exact) mass is 222 g/mol. The van der Waals surface area contributed by atoms with Gasteiger partial charge < -0.3 is 5.11 Å². The number of aliphatic hydroxyl groups is 1. The maximum absolute atomic E-state index is 8.29. The third kappa shape index (κ3) is 22.8. The smallest absolute Gasteiger partial charge is 0.0431 e. The Morgan fingerprint density at radius 1 is 0.786 bits per heavy atom. The Morgan fingerprint density at radius 2 is 1.29 bits per heavy atom. The zero-order valence-corrected chi connectivity index (χ0v) is 10.7. The van der Waals surface area contributed by atoms with Crippen molar-refractivity contribution in [3.8, 4) is 0 Å². The van der Waals surface area contributed by atoms with Crippen molar-refractivity contribution < 1.29 is 5.11 Å². The fourth-order valence-electron chi connectivity index (χ4n) is 1.06. The first kappa shape index (κ1) is 16.7. The summed E-state index contributed by atoms with van der Waals surface area (Å²) in [6.07, 6.45) is 9.82. The second kappa shape index (κ2) is 18.9. The first-order chi connectivity index (χ1) is 6.83. The largest absolute Gasteiger partial charge is 0.396 e.